The molecule has 0 radical (unpaired) electrons. The summed E-state index contributed by atoms with van der Waals surface area (Å²) in [4.78, 5) is 15.5. The van der Waals surface area contributed by atoms with Crippen molar-refractivity contribution < 1.29 is 14.6 Å². The van der Waals surface area contributed by atoms with Crippen molar-refractivity contribution >= 4 is 18.4 Å². The van der Waals surface area contributed by atoms with Gasteiger partial charge in [-0.05, 0) is 40.3 Å². The molecule has 0 spiro atoms. The first-order valence-electron chi connectivity index (χ1n) is 6.07. The van der Waals surface area contributed by atoms with E-state index in [-0.39, 0.29) is 24.1 Å². The molecule has 0 aliphatic carbocycles. The van der Waals surface area contributed by atoms with Crippen molar-refractivity contribution in [2.45, 2.75) is 13.1 Å². The standard InChI is InChI=1S/C14H22N2O3.ClH/c1-15(2)8-11-6-10(14(18)19-5)7-12(13(11)17)9-16(3)4;/h6-7,17H,8-9H2,1-5H3;1H. The molecule has 0 aliphatic heterocycles. The zero-order valence-electron chi connectivity index (χ0n) is 12.6. The molecule has 1 aromatic rings. The number of benzene rings is 1. The number of aromatic hydroxyl groups is 1. The van der Waals surface area contributed by atoms with Crippen LogP contribution in [0.15, 0.2) is 12.1 Å². The van der Waals surface area contributed by atoms with Gasteiger partial charge < -0.3 is 19.6 Å². The zero-order chi connectivity index (χ0) is 14.6. The molecule has 0 bridgehead atoms. The second kappa shape index (κ2) is 8.09. The number of phenols is 1. The highest BCUT2D eigenvalue weighted by Crippen LogP contribution is 2.27. The highest BCUT2D eigenvalue weighted by atomic mass is 35.5. The van der Waals surface area contributed by atoms with Crippen molar-refractivity contribution in [3.05, 3.63) is 28.8 Å². The summed E-state index contributed by atoms with van der Waals surface area (Å²) < 4.78 is 4.75. The lowest BCUT2D eigenvalue weighted by Gasteiger charge is -2.17. The number of nitrogens with zero attached hydrogens (tertiary/aromatic N) is 2. The Morgan fingerprint density at radius 1 is 1.10 bits per heavy atom. The largest absolute Gasteiger partial charge is 0.507 e. The van der Waals surface area contributed by atoms with Crippen molar-refractivity contribution in [1.29, 1.82) is 0 Å². The van der Waals surface area contributed by atoms with Crippen molar-refractivity contribution in [3.8, 4) is 5.75 Å². The van der Waals surface area contributed by atoms with E-state index < -0.39 is 0 Å². The molecule has 1 rings (SSSR count). The normalized spacial score (nSPS) is 10.6. The van der Waals surface area contributed by atoms with Gasteiger partial charge in [0.05, 0.1) is 12.7 Å². The van der Waals surface area contributed by atoms with Crippen LogP contribution < -0.4 is 0 Å². The fraction of sp³-hybridized carbons (Fsp3) is 0.500. The third-order valence-electron chi connectivity index (χ3n) is 2.66. The first-order chi connectivity index (χ1) is 8.85. The minimum Gasteiger partial charge on any atom is -0.507 e. The van der Waals surface area contributed by atoms with Gasteiger partial charge in [0.2, 0.25) is 0 Å². The number of hydrogen-bond acceptors (Lipinski definition) is 5. The second-order valence-electron chi connectivity index (χ2n) is 5.11. The van der Waals surface area contributed by atoms with E-state index in [2.05, 4.69) is 0 Å². The van der Waals surface area contributed by atoms with Gasteiger partial charge in [0.25, 0.3) is 0 Å². The zero-order valence-corrected chi connectivity index (χ0v) is 13.5. The van der Waals surface area contributed by atoms with Gasteiger partial charge >= 0.3 is 5.97 Å². The number of carbonyl (C=O) groups excluding carboxylic acids is 1. The molecule has 0 heterocycles. The van der Waals surface area contributed by atoms with Gasteiger partial charge in [-0.3, -0.25) is 0 Å². The van der Waals surface area contributed by atoms with Gasteiger partial charge in [-0.25, -0.2) is 4.79 Å². The molecule has 0 saturated heterocycles. The predicted molar refractivity (Wildman–Crippen MR) is 81.5 cm³/mol. The molecule has 0 saturated carbocycles. The summed E-state index contributed by atoms with van der Waals surface area (Å²) in [6, 6.07) is 3.36. The monoisotopic (exact) mass is 302 g/mol. The Bertz CT molecular complexity index is 431. The highest BCUT2D eigenvalue weighted by Gasteiger charge is 2.15. The third-order valence-corrected chi connectivity index (χ3v) is 2.66. The molecular weight excluding hydrogens is 280 g/mol. The molecule has 1 aromatic carbocycles. The maximum absolute atomic E-state index is 11.7. The van der Waals surface area contributed by atoms with Crippen molar-refractivity contribution in [3.63, 3.8) is 0 Å². The predicted octanol–water partition coefficient (Wildman–Crippen LogP) is 1.72. The summed E-state index contributed by atoms with van der Waals surface area (Å²) >= 11 is 0. The number of rotatable bonds is 5. The Morgan fingerprint density at radius 3 is 1.80 bits per heavy atom. The van der Waals surface area contributed by atoms with E-state index in [1.165, 1.54) is 7.11 Å². The van der Waals surface area contributed by atoms with Gasteiger partial charge in [0, 0.05) is 24.2 Å². The van der Waals surface area contributed by atoms with Crippen LogP contribution in [0.1, 0.15) is 21.5 Å². The Morgan fingerprint density at radius 2 is 1.50 bits per heavy atom. The molecule has 0 unspecified atom stereocenters. The molecule has 1 N–H and O–H groups in total. The molecule has 0 fully saturated rings. The smallest absolute Gasteiger partial charge is 0.337 e. The fourth-order valence-electron chi connectivity index (χ4n) is 1.92. The maximum Gasteiger partial charge on any atom is 0.337 e. The van der Waals surface area contributed by atoms with Gasteiger partial charge in [-0.2, -0.15) is 0 Å². The quantitative estimate of drug-likeness (QED) is 0.840. The van der Waals surface area contributed by atoms with E-state index in [1.54, 1.807) is 12.1 Å². The lowest BCUT2D eigenvalue weighted by atomic mass is 10.0. The maximum atomic E-state index is 11.7. The topological polar surface area (TPSA) is 53.0 Å². The number of esters is 1. The third kappa shape index (κ3) is 5.00. The summed E-state index contributed by atoms with van der Waals surface area (Å²) in [7, 11) is 9.00. The highest BCUT2D eigenvalue weighted by molar-refractivity contribution is 5.90. The molecule has 0 aliphatic rings. The van der Waals surface area contributed by atoms with Gasteiger partial charge in [-0.15, -0.1) is 12.4 Å². The molecule has 6 heteroatoms. The van der Waals surface area contributed by atoms with Crippen LogP contribution in [0.4, 0.5) is 0 Å². The molecule has 0 aromatic heterocycles. The Kier molecular flexibility index (Phi) is 7.57. The molecule has 5 nitrogen and oxygen atoms in total. The number of carbonyl (C=O) groups is 1. The van der Waals surface area contributed by atoms with Crippen LogP contribution in [-0.4, -0.2) is 56.2 Å². The van der Waals surface area contributed by atoms with Crippen LogP contribution in [0, 0.1) is 0 Å². The summed E-state index contributed by atoms with van der Waals surface area (Å²) in [6.07, 6.45) is 0. The fourth-order valence-corrected chi connectivity index (χ4v) is 1.92. The van der Waals surface area contributed by atoms with Crippen LogP contribution in [0.2, 0.25) is 0 Å². The number of hydrogen-bond donors (Lipinski definition) is 1. The van der Waals surface area contributed by atoms with E-state index in [1.807, 2.05) is 38.0 Å². The minimum absolute atomic E-state index is 0. The number of phenolic OH excluding ortho intramolecular Hbond substituents is 1. The average molecular weight is 303 g/mol. The average Bonchev–Trinajstić information content (AvgIpc) is 2.31. The van der Waals surface area contributed by atoms with Crippen LogP contribution in [0.5, 0.6) is 5.75 Å². The summed E-state index contributed by atoms with van der Waals surface area (Å²) in [5.41, 5.74) is 1.92. The molecule has 0 amide bonds. The van der Waals surface area contributed by atoms with E-state index >= 15 is 0 Å². The number of ether oxygens (including phenoxy) is 1. The summed E-state index contributed by atoms with van der Waals surface area (Å²) in [5.74, 6) is -0.143. The molecule has 20 heavy (non-hydrogen) atoms. The van der Waals surface area contributed by atoms with Crippen LogP contribution >= 0.6 is 12.4 Å². The summed E-state index contributed by atoms with van der Waals surface area (Å²) in [5, 5.41) is 10.3. The Hall–Kier alpha value is -1.30. The Balaban J connectivity index is 0.00000361. The second-order valence-corrected chi connectivity index (χ2v) is 5.11. The van der Waals surface area contributed by atoms with Crippen molar-refractivity contribution in [2.75, 3.05) is 35.3 Å². The SMILES string of the molecule is COC(=O)c1cc(CN(C)C)c(O)c(CN(C)C)c1.Cl. The molecule has 0 atom stereocenters. The molecule has 114 valence electrons. The van der Waals surface area contributed by atoms with E-state index in [9.17, 15) is 9.90 Å². The van der Waals surface area contributed by atoms with E-state index in [0.717, 1.165) is 11.1 Å². The lowest BCUT2D eigenvalue weighted by molar-refractivity contribution is 0.0600. The Labute approximate surface area is 126 Å². The van der Waals surface area contributed by atoms with Gasteiger partial charge in [0.1, 0.15) is 5.75 Å². The first-order valence-corrected chi connectivity index (χ1v) is 6.07. The lowest BCUT2D eigenvalue weighted by Crippen LogP contribution is -2.15. The van der Waals surface area contributed by atoms with Crippen molar-refractivity contribution in [2.24, 2.45) is 0 Å². The van der Waals surface area contributed by atoms with Crippen LogP contribution in [0.3, 0.4) is 0 Å². The van der Waals surface area contributed by atoms with Crippen LogP contribution in [-0.2, 0) is 17.8 Å². The van der Waals surface area contributed by atoms with Gasteiger partial charge in [0.15, 0.2) is 0 Å². The summed E-state index contributed by atoms with van der Waals surface area (Å²) in [6.45, 7) is 1.13. The number of methoxy groups -OCH3 is 1. The van der Waals surface area contributed by atoms with Crippen molar-refractivity contribution in [1.82, 2.24) is 9.80 Å². The van der Waals surface area contributed by atoms with Crippen LogP contribution in [0.25, 0.3) is 0 Å². The number of halogens is 1. The van der Waals surface area contributed by atoms with E-state index in [0.29, 0.717) is 18.7 Å². The first kappa shape index (κ1) is 18.7. The molecular formula is C14H23ClN2O3. The van der Waals surface area contributed by atoms with Gasteiger partial charge in [-0.1, -0.05) is 0 Å². The van der Waals surface area contributed by atoms with E-state index in [4.69, 9.17) is 4.74 Å². The minimum atomic E-state index is -0.389.